The van der Waals surface area contributed by atoms with Gasteiger partial charge in [0.25, 0.3) is 0 Å². The lowest BCUT2D eigenvalue weighted by Gasteiger charge is -2.04. The molecule has 1 aromatic heterocycles. The topological polar surface area (TPSA) is 74.8 Å². The summed E-state index contributed by atoms with van der Waals surface area (Å²) < 4.78 is 2.12. The van der Waals surface area contributed by atoms with Crippen molar-refractivity contribution in [1.29, 1.82) is 0 Å². The van der Waals surface area contributed by atoms with Gasteiger partial charge in [0, 0.05) is 29.8 Å². The van der Waals surface area contributed by atoms with Crippen LogP contribution in [0.2, 0.25) is 0 Å². The lowest BCUT2D eigenvalue weighted by molar-refractivity contribution is -0.137. The van der Waals surface area contributed by atoms with Crippen molar-refractivity contribution in [3.05, 3.63) is 38.7 Å². The summed E-state index contributed by atoms with van der Waals surface area (Å²) in [4.78, 5) is 15.8. The average Bonchev–Trinajstić information content (AvgIpc) is 2.98. The Kier molecular flexibility index (Phi) is 4.64. The summed E-state index contributed by atoms with van der Waals surface area (Å²) in [5.41, 5.74) is 3.82. The molecular formula is C17H16N2O3S2. The maximum atomic E-state index is 10.6. The van der Waals surface area contributed by atoms with Crippen LogP contribution in [0.5, 0.6) is 5.88 Å². The number of thiazole rings is 1. The third-order valence-electron chi connectivity index (χ3n) is 3.81. The minimum atomic E-state index is -0.854. The molecule has 24 heavy (non-hydrogen) atoms. The predicted octanol–water partition coefficient (Wildman–Crippen LogP) is 4.50. The maximum Gasteiger partial charge on any atom is 0.303 e. The molecule has 0 radical (unpaired) electrons. The number of rotatable bonds is 5. The summed E-state index contributed by atoms with van der Waals surface area (Å²) in [6.45, 7) is 2.33. The van der Waals surface area contributed by atoms with E-state index in [0.29, 0.717) is 21.8 Å². The second-order valence-corrected chi connectivity index (χ2v) is 7.15. The van der Waals surface area contributed by atoms with E-state index in [0.717, 1.165) is 22.5 Å². The van der Waals surface area contributed by atoms with E-state index in [-0.39, 0.29) is 12.3 Å². The van der Waals surface area contributed by atoms with E-state index < -0.39 is 5.97 Å². The standard InChI is InChI=1S/C17H16N2O3S2/c1-10-12(11-5-2-3-6-13(11)18-10)9-14-16(22)19(17(23)24-14)8-4-7-15(20)21/h2-3,5-6,9,22H,4,7-8H2,1H3,(H,20,21). The molecule has 0 aliphatic carbocycles. The number of nitrogens with zero attached hydrogens (tertiary/aromatic N) is 2. The fourth-order valence-corrected chi connectivity index (χ4v) is 3.94. The molecule has 1 aliphatic rings. The van der Waals surface area contributed by atoms with Gasteiger partial charge in [-0.1, -0.05) is 18.2 Å². The van der Waals surface area contributed by atoms with Crippen LogP contribution in [-0.4, -0.2) is 26.5 Å². The van der Waals surface area contributed by atoms with Gasteiger partial charge in [0.15, 0.2) is 3.95 Å². The van der Waals surface area contributed by atoms with Crippen LogP contribution in [0.1, 0.15) is 30.2 Å². The van der Waals surface area contributed by atoms with Crippen molar-refractivity contribution in [3.63, 3.8) is 0 Å². The van der Waals surface area contributed by atoms with Crippen molar-refractivity contribution < 1.29 is 15.0 Å². The van der Waals surface area contributed by atoms with Crippen LogP contribution >= 0.6 is 23.6 Å². The van der Waals surface area contributed by atoms with Crippen molar-refractivity contribution in [2.45, 2.75) is 26.3 Å². The predicted molar refractivity (Wildman–Crippen MR) is 98.8 cm³/mol. The molecule has 0 unspecified atom stereocenters. The first-order chi connectivity index (χ1) is 11.5. The van der Waals surface area contributed by atoms with Gasteiger partial charge < -0.3 is 10.2 Å². The molecule has 0 spiro atoms. The van der Waals surface area contributed by atoms with Crippen molar-refractivity contribution in [1.82, 2.24) is 4.57 Å². The Morgan fingerprint density at radius 2 is 2.17 bits per heavy atom. The van der Waals surface area contributed by atoms with Gasteiger partial charge in [-0.25, -0.2) is 0 Å². The van der Waals surface area contributed by atoms with Crippen LogP contribution < -0.4 is 0 Å². The minimum absolute atomic E-state index is 0.0482. The number of aliphatic imine (C=N–C) groups is 1. The maximum absolute atomic E-state index is 10.6. The van der Waals surface area contributed by atoms with E-state index in [1.165, 1.54) is 11.3 Å². The number of carbonyl (C=O) groups is 1. The van der Waals surface area contributed by atoms with Gasteiger partial charge >= 0.3 is 5.97 Å². The fourth-order valence-electron chi connectivity index (χ4n) is 2.64. The number of aromatic nitrogens is 1. The molecule has 0 fully saturated rings. The van der Waals surface area contributed by atoms with Crippen molar-refractivity contribution in [3.8, 4) is 5.88 Å². The monoisotopic (exact) mass is 360 g/mol. The summed E-state index contributed by atoms with van der Waals surface area (Å²) in [5.74, 6) is -0.770. The molecule has 1 aromatic carbocycles. The molecule has 0 bridgehead atoms. The van der Waals surface area contributed by atoms with Crippen LogP contribution in [0, 0.1) is 3.95 Å². The number of carboxylic acids is 1. The molecular weight excluding hydrogens is 344 g/mol. The number of aliphatic carboxylic acids is 1. The van der Waals surface area contributed by atoms with Gasteiger partial charge in [0.1, 0.15) is 0 Å². The molecule has 2 aromatic rings. The number of benzene rings is 1. The second-order valence-electron chi connectivity index (χ2n) is 5.48. The molecule has 0 saturated heterocycles. The highest BCUT2D eigenvalue weighted by atomic mass is 32.1. The van der Waals surface area contributed by atoms with Gasteiger partial charge in [-0.3, -0.25) is 14.4 Å². The molecule has 124 valence electrons. The Morgan fingerprint density at radius 3 is 2.92 bits per heavy atom. The first-order valence-corrected chi connectivity index (χ1v) is 8.71. The minimum Gasteiger partial charge on any atom is -0.493 e. The first kappa shape index (κ1) is 16.6. The Morgan fingerprint density at radius 1 is 1.42 bits per heavy atom. The van der Waals surface area contributed by atoms with E-state index in [4.69, 9.17) is 17.3 Å². The van der Waals surface area contributed by atoms with E-state index in [2.05, 4.69) is 4.99 Å². The summed E-state index contributed by atoms with van der Waals surface area (Å²) in [5, 5.41) is 19.2. The lowest BCUT2D eigenvalue weighted by Crippen LogP contribution is -2.01. The van der Waals surface area contributed by atoms with Crippen molar-refractivity contribution >= 4 is 52.6 Å². The number of hydrogen-bond acceptors (Lipinski definition) is 5. The Balaban J connectivity index is 1.93. The molecule has 5 nitrogen and oxygen atoms in total. The number of allylic oxidation sites excluding steroid dienone is 1. The highest BCUT2D eigenvalue weighted by Crippen LogP contribution is 2.38. The zero-order chi connectivity index (χ0) is 17.3. The van der Waals surface area contributed by atoms with Gasteiger partial charge in [-0.05, 0) is 37.7 Å². The molecule has 2 heterocycles. The van der Waals surface area contributed by atoms with Gasteiger partial charge in [0.05, 0.1) is 10.6 Å². The smallest absolute Gasteiger partial charge is 0.303 e. The summed E-state index contributed by atoms with van der Waals surface area (Å²) in [7, 11) is 0. The number of para-hydroxylation sites is 1. The van der Waals surface area contributed by atoms with Crippen LogP contribution in [-0.2, 0) is 11.3 Å². The van der Waals surface area contributed by atoms with Crippen LogP contribution in [0.25, 0.3) is 11.6 Å². The number of fused-ring (bicyclic) bond motifs is 1. The number of aromatic hydroxyl groups is 1. The lowest BCUT2D eigenvalue weighted by atomic mass is 10.0. The number of carboxylic acid groups (broad SMARTS) is 1. The second kappa shape index (κ2) is 6.70. The Labute approximate surface area is 148 Å². The quantitative estimate of drug-likeness (QED) is 0.770. The van der Waals surface area contributed by atoms with E-state index in [1.54, 1.807) is 4.57 Å². The Hall–Kier alpha value is -2.25. The molecule has 1 aliphatic heterocycles. The SMILES string of the molecule is CC1=Nc2ccccc2C1=Cc1sc(=S)n(CCCC(=O)O)c1O. The third-order valence-corrected chi connectivity index (χ3v) is 5.20. The fraction of sp³-hybridized carbons (Fsp3) is 0.235. The van der Waals surface area contributed by atoms with Crippen molar-refractivity contribution in [2.24, 2.45) is 4.99 Å². The summed E-state index contributed by atoms with van der Waals surface area (Å²) >= 11 is 6.61. The largest absolute Gasteiger partial charge is 0.493 e. The van der Waals surface area contributed by atoms with Crippen LogP contribution in [0.4, 0.5) is 5.69 Å². The van der Waals surface area contributed by atoms with Crippen molar-refractivity contribution in [2.75, 3.05) is 0 Å². The first-order valence-electron chi connectivity index (χ1n) is 7.48. The van der Waals surface area contributed by atoms with E-state index in [9.17, 15) is 9.90 Å². The average molecular weight is 360 g/mol. The molecule has 2 N–H and O–H groups in total. The summed E-state index contributed by atoms with van der Waals surface area (Å²) in [6.07, 6.45) is 2.37. The Bertz CT molecular complexity index is 922. The zero-order valence-corrected chi connectivity index (χ0v) is 14.7. The normalized spacial score (nSPS) is 14.7. The molecule has 0 amide bonds. The number of hydrogen-bond donors (Lipinski definition) is 2. The molecule has 0 atom stereocenters. The summed E-state index contributed by atoms with van der Waals surface area (Å²) in [6, 6.07) is 7.86. The highest BCUT2D eigenvalue weighted by molar-refractivity contribution is 7.73. The molecule has 0 saturated carbocycles. The highest BCUT2D eigenvalue weighted by Gasteiger charge is 2.19. The van der Waals surface area contributed by atoms with E-state index in [1.807, 2.05) is 37.3 Å². The zero-order valence-electron chi connectivity index (χ0n) is 13.0. The molecule has 3 rings (SSSR count). The molecule has 7 heteroatoms. The van der Waals surface area contributed by atoms with Gasteiger partial charge in [0.2, 0.25) is 5.88 Å². The van der Waals surface area contributed by atoms with Crippen LogP contribution in [0.3, 0.4) is 0 Å². The van der Waals surface area contributed by atoms with Gasteiger partial charge in [-0.2, -0.15) is 0 Å². The van der Waals surface area contributed by atoms with Crippen LogP contribution in [0.15, 0.2) is 29.3 Å². The van der Waals surface area contributed by atoms with Gasteiger partial charge in [-0.15, -0.1) is 11.3 Å². The third kappa shape index (κ3) is 3.18. The van der Waals surface area contributed by atoms with E-state index >= 15 is 0 Å².